The highest BCUT2D eigenvalue weighted by Crippen LogP contribution is 2.35. The maximum Gasteiger partial charge on any atom is 0.257 e. The number of halogens is 1. The lowest BCUT2D eigenvalue weighted by Gasteiger charge is -2.28. The number of nitrogens with one attached hydrogen (secondary N) is 1. The predicted octanol–water partition coefficient (Wildman–Crippen LogP) is 4.14. The summed E-state index contributed by atoms with van der Waals surface area (Å²) >= 11 is 6.11. The van der Waals surface area contributed by atoms with E-state index in [2.05, 4.69) is 46.4 Å². The Kier molecular flexibility index (Phi) is 7.18. The van der Waals surface area contributed by atoms with Crippen molar-refractivity contribution in [1.29, 1.82) is 0 Å². The zero-order valence-corrected chi connectivity index (χ0v) is 21.2. The van der Waals surface area contributed by atoms with Crippen molar-refractivity contribution in [1.82, 2.24) is 20.2 Å². The molecule has 0 saturated carbocycles. The van der Waals surface area contributed by atoms with Crippen molar-refractivity contribution in [2.45, 2.75) is 38.6 Å². The molecule has 2 aliphatic heterocycles. The summed E-state index contributed by atoms with van der Waals surface area (Å²) in [6.07, 6.45) is 5.08. The van der Waals surface area contributed by atoms with Crippen LogP contribution in [0.4, 0.5) is 5.95 Å². The smallest absolute Gasteiger partial charge is 0.257 e. The Morgan fingerprint density at radius 2 is 1.92 bits per heavy atom. The number of aromatic nitrogens is 2. The Bertz CT molecular complexity index is 1260. The number of rotatable bonds is 6. The number of carbonyl (C=O) groups excluding carboxylic acids is 2. The third-order valence-electron chi connectivity index (χ3n) is 7.07. The number of nitrogens with zero attached hydrogens (tertiary/aromatic N) is 4. The summed E-state index contributed by atoms with van der Waals surface area (Å²) in [4.78, 5) is 38.8. The number of hydrogen-bond acceptors (Lipinski definition) is 5. The second-order valence-electron chi connectivity index (χ2n) is 9.44. The van der Waals surface area contributed by atoms with E-state index in [1.165, 1.54) is 16.7 Å². The van der Waals surface area contributed by atoms with Crippen molar-refractivity contribution >= 4 is 29.4 Å². The lowest BCUT2D eigenvalue weighted by Crippen LogP contribution is -2.50. The van der Waals surface area contributed by atoms with Gasteiger partial charge in [-0.3, -0.25) is 9.59 Å². The van der Waals surface area contributed by atoms with Gasteiger partial charge in [-0.25, -0.2) is 9.97 Å². The van der Waals surface area contributed by atoms with Gasteiger partial charge in [0.1, 0.15) is 0 Å². The fourth-order valence-corrected chi connectivity index (χ4v) is 5.20. The number of benzene rings is 2. The number of carbonyl (C=O) groups is 2. The van der Waals surface area contributed by atoms with Crippen molar-refractivity contribution in [2.24, 2.45) is 0 Å². The van der Waals surface area contributed by atoms with Crippen LogP contribution in [0.15, 0.2) is 54.7 Å². The average molecular weight is 504 g/mol. The molecule has 5 rings (SSSR count). The monoisotopic (exact) mass is 503 g/mol. The highest BCUT2D eigenvalue weighted by atomic mass is 35.5. The van der Waals surface area contributed by atoms with Crippen LogP contribution in [-0.2, 0) is 17.6 Å². The second-order valence-corrected chi connectivity index (χ2v) is 9.87. The normalized spacial score (nSPS) is 17.8. The predicted molar refractivity (Wildman–Crippen MR) is 140 cm³/mol. The molecular formula is C28H30ClN5O2. The molecule has 2 amide bonds. The van der Waals surface area contributed by atoms with Gasteiger partial charge in [0.15, 0.2) is 0 Å². The highest BCUT2D eigenvalue weighted by Gasteiger charge is 2.30. The Morgan fingerprint density at radius 1 is 1.11 bits per heavy atom. The highest BCUT2D eigenvalue weighted by molar-refractivity contribution is 6.30. The first-order chi connectivity index (χ1) is 17.5. The standard InChI is InChI=1S/C28H30ClN5O2/c1-19-5-2-3-6-20(19)10-13-24-23(27(36)33-16-14-30-26(35)18-33)17-31-28(32-24)34-15-4-7-25(34)21-8-11-22(29)12-9-21/h2-3,5-6,8-9,11-12,17,25H,4,7,10,13-16,18H2,1H3,(H,30,35). The Hall–Kier alpha value is -3.45. The SMILES string of the molecule is Cc1ccccc1CCc1nc(N2CCCC2c2ccc(Cl)cc2)ncc1C(=O)N1CCNC(=O)C1. The van der Waals surface area contributed by atoms with E-state index >= 15 is 0 Å². The van der Waals surface area contributed by atoms with Gasteiger partial charge in [-0.2, -0.15) is 0 Å². The molecule has 1 atom stereocenters. The van der Waals surface area contributed by atoms with E-state index in [1.807, 2.05) is 24.3 Å². The maximum atomic E-state index is 13.4. The van der Waals surface area contributed by atoms with Crippen LogP contribution in [0.5, 0.6) is 0 Å². The fraction of sp³-hybridized carbons (Fsp3) is 0.357. The van der Waals surface area contributed by atoms with Gasteiger partial charge in [-0.15, -0.1) is 0 Å². The average Bonchev–Trinajstić information content (AvgIpc) is 3.38. The summed E-state index contributed by atoms with van der Waals surface area (Å²) in [7, 11) is 0. The van der Waals surface area contributed by atoms with Crippen LogP contribution in [0, 0.1) is 6.92 Å². The van der Waals surface area contributed by atoms with E-state index in [0.717, 1.165) is 31.5 Å². The molecule has 0 bridgehead atoms. The van der Waals surface area contributed by atoms with E-state index in [-0.39, 0.29) is 24.4 Å². The molecule has 7 nitrogen and oxygen atoms in total. The van der Waals surface area contributed by atoms with Gasteiger partial charge in [-0.05, 0) is 61.4 Å². The molecule has 0 spiro atoms. The topological polar surface area (TPSA) is 78.4 Å². The lowest BCUT2D eigenvalue weighted by atomic mass is 10.0. The summed E-state index contributed by atoms with van der Waals surface area (Å²) in [5.74, 6) is 0.309. The summed E-state index contributed by atoms with van der Waals surface area (Å²) < 4.78 is 0. The molecule has 2 aliphatic rings. The van der Waals surface area contributed by atoms with Crippen molar-refractivity contribution in [3.8, 4) is 0 Å². The third kappa shape index (κ3) is 5.21. The van der Waals surface area contributed by atoms with Crippen molar-refractivity contribution in [3.05, 3.63) is 87.7 Å². The zero-order valence-electron chi connectivity index (χ0n) is 20.4. The molecule has 2 fully saturated rings. The molecule has 1 aromatic heterocycles. The number of hydrogen-bond donors (Lipinski definition) is 1. The lowest BCUT2D eigenvalue weighted by molar-refractivity contribution is -0.123. The maximum absolute atomic E-state index is 13.4. The molecule has 8 heteroatoms. The van der Waals surface area contributed by atoms with Crippen LogP contribution in [0.1, 0.15) is 51.6 Å². The summed E-state index contributed by atoms with van der Waals surface area (Å²) in [6.45, 7) is 3.94. The van der Waals surface area contributed by atoms with Crippen LogP contribution in [0.3, 0.4) is 0 Å². The molecule has 3 heterocycles. The Labute approximate surface area is 216 Å². The largest absolute Gasteiger partial charge is 0.353 e. The summed E-state index contributed by atoms with van der Waals surface area (Å²) in [5, 5.41) is 3.49. The first kappa shape index (κ1) is 24.3. The van der Waals surface area contributed by atoms with Crippen LogP contribution < -0.4 is 10.2 Å². The van der Waals surface area contributed by atoms with E-state index in [0.29, 0.717) is 36.0 Å². The van der Waals surface area contributed by atoms with Gasteiger partial charge in [0, 0.05) is 30.9 Å². The molecule has 1 unspecified atom stereocenters. The molecule has 3 aromatic rings. The van der Waals surface area contributed by atoms with Crippen molar-refractivity contribution in [2.75, 3.05) is 31.1 Å². The summed E-state index contributed by atoms with van der Waals surface area (Å²) in [5.41, 5.74) is 4.83. The van der Waals surface area contributed by atoms with Gasteiger partial charge in [0.25, 0.3) is 5.91 Å². The second kappa shape index (κ2) is 10.7. The minimum atomic E-state index is -0.188. The first-order valence-electron chi connectivity index (χ1n) is 12.5. The van der Waals surface area contributed by atoms with Gasteiger partial charge in [0.05, 0.1) is 23.8 Å². The molecular weight excluding hydrogens is 474 g/mol. The van der Waals surface area contributed by atoms with Crippen LogP contribution in [0.2, 0.25) is 5.02 Å². The van der Waals surface area contributed by atoms with E-state index < -0.39 is 0 Å². The third-order valence-corrected chi connectivity index (χ3v) is 7.32. The minimum absolute atomic E-state index is 0.0581. The van der Waals surface area contributed by atoms with Gasteiger partial charge < -0.3 is 15.1 Å². The quantitative estimate of drug-likeness (QED) is 0.547. The summed E-state index contributed by atoms with van der Waals surface area (Å²) in [6, 6.07) is 16.4. The molecule has 2 saturated heterocycles. The number of amides is 2. The van der Waals surface area contributed by atoms with Crippen LogP contribution >= 0.6 is 11.6 Å². The molecule has 2 aromatic carbocycles. The van der Waals surface area contributed by atoms with Crippen LogP contribution in [0.25, 0.3) is 0 Å². The Morgan fingerprint density at radius 3 is 2.69 bits per heavy atom. The van der Waals surface area contributed by atoms with Crippen molar-refractivity contribution < 1.29 is 9.59 Å². The Balaban J connectivity index is 1.46. The van der Waals surface area contributed by atoms with Crippen molar-refractivity contribution in [3.63, 3.8) is 0 Å². The molecule has 0 radical (unpaired) electrons. The number of piperazine rings is 1. The van der Waals surface area contributed by atoms with E-state index in [1.54, 1.807) is 11.1 Å². The zero-order chi connectivity index (χ0) is 25.1. The minimum Gasteiger partial charge on any atom is -0.353 e. The van der Waals surface area contributed by atoms with Gasteiger partial charge in [-0.1, -0.05) is 48.0 Å². The van der Waals surface area contributed by atoms with E-state index in [4.69, 9.17) is 16.6 Å². The number of aryl methyl sites for hydroxylation is 3. The molecule has 1 N–H and O–H groups in total. The van der Waals surface area contributed by atoms with Gasteiger partial charge in [0.2, 0.25) is 11.9 Å². The van der Waals surface area contributed by atoms with Gasteiger partial charge >= 0.3 is 0 Å². The fourth-order valence-electron chi connectivity index (χ4n) is 5.08. The number of anilines is 1. The van der Waals surface area contributed by atoms with Crippen LogP contribution in [-0.4, -0.2) is 52.9 Å². The first-order valence-corrected chi connectivity index (χ1v) is 12.9. The van der Waals surface area contributed by atoms with E-state index in [9.17, 15) is 9.59 Å². The molecule has 186 valence electrons. The molecule has 36 heavy (non-hydrogen) atoms. The molecule has 0 aliphatic carbocycles.